The molecule has 10 heavy (non-hydrogen) atoms. The van der Waals surface area contributed by atoms with Crippen LogP contribution in [0.4, 0.5) is 0 Å². The predicted molar refractivity (Wildman–Crippen MR) is 39.9 cm³/mol. The maximum Gasteiger partial charge on any atom is 0.0643 e. The lowest BCUT2D eigenvalue weighted by atomic mass is 10.2. The molecule has 2 heteroatoms. The summed E-state index contributed by atoms with van der Waals surface area (Å²) in [6.07, 6.45) is 1.43. The summed E-state index contributed by atoms with van der Waals surface area (Å²) in [7, 11) is 0. The van der Waals surface area contributed by atoms with E-state index in [1.807, 2.05) is 0 Å². The molecule has 1 saturated carbocycles. The van der Waals surface area contributed by atoms with E-state index in [-0.39, 0.29) is 0 Å². The molecule has 0 aromatic rings. The molecule has 0 spiro atoms. The van der Waals surface area contributed by atoms with E-state index in [4.69, 9.17) is 4.74 Å². The first-order chi connectivity index (χ1) is 4.86. The zero-order valence-electron chi connectivity index (χ0n) is 6.47. The van der Waals surface area contributed by atoms with Crippen molar-refractivity contribution >= 4 is 0 Å². The molecular weight excluding hydrogens is 126 g/mol. The summed E-state index contributed by atoms with van der Waals surface area (Å²) in [4.78, 5) is 0. The van der Waals surface area contributed by atoms with Crippen molar-refractivity contribution in [1.82, 2.24) is 5.32 Å². The molecule has 2 aliphatic rings. The molecule has 2 rings (SSSR count). The minimum absolute atomic E-state index is 0.674. The molecule has 1 saturated heterocycles. The third kappa shape index (κ3) is 1.32. The van der Waals surface area contributed by atoms with Crippen molar-refractivity contribution in [3.8, 4) is 0 Å². The van der Waals surface area contributed by atoms with Gasteiger partial charge in [-0.05, 0) is 24.8 Å². The van der Waals surface area contributed by atoms with Crippen LogP contribution in [-0.4, -0.2) is 25.8 Å². The molecule has 0 amide bonds. The fourth-order valence-electron chi connectivity index (χ4n) is 1.36. The standard InChI is InChI=1S/C8H15NO/c1-6-2-7(6)3-9-8-4-10-5-8/h6-9H,2-5H2,1H3. The Labute approximate surface area is 61.9 Å². The summed E-state index contributed by atoms with van der Waals surface area (Å²) in [6, 6.07) is 0.674. The Bertz CT molecular complexity index is 118. The van der Waals surface area contributed by atoms with Gasteiger partial charge in [-0.15, -0.1) is 0 Å². The van der Waals surface area contributed by atoms with Gasteiger partial charge in [0.25, 0.3) is 0 Å². The lowest BCUT2D eigenvalue weighted by Crippen LogP contribution is -2.46. The SMILES string of the molecule is CC1CC1CNC1COC1. The minimum Gasteiger partial charge on any atom is -0.378 e. The molecule has 2 unspecified atom stereocenters. The topological polar surface area (TPSA) is 21.3 Å². The van der Waals surface area contributed by atoms with Gasteiger partial charge in [-0.2, -0.15) is 0 Å². The zero-order chi connectivity index (χ0) is 6.97. The van der Waals surface area contributed by atoms with E-state index in [2.05, 4.69) is 12.2 Å². The molecule has 58 valence electrons. The fourth-order valence-corrected chi connectivity index (χ4v) is 1.36. The van der Waals surface area contributed by atoms with Crippen LogP contribution in [-0.2, 0) is 4.74 Å². The molecule has 1 aliphatic heterocycles. The Kier molecular flexibility index (Phi) is 1.66. The van der Waals surface area contributed by atoms with Crippen molar-refractivity contribution in [1.29, 1.82) is 0 Å². The van der Waals surface area contributed by atoms with Gasteiger partial charge in [-0.3, -0.25) is 0 Å². The number of nitrogens with one attached hydrogen (secondary N) is 1. The molecule has 1 N–H and O–H groups in total. The van der Waals surface area contributed by atoms with Crippen molar-refractivity contribution < 1.29 is 4.74 Å². The maximum atomic E-state index is 5.05. The predicted octanol–water partition coefficient (Wildman–Crippen LogP) is 0.631. The zero-order valence-corrected chi connectivity index (χ0v) is 6.47. The van der Waals surface area contributed by atoms with Crippen LogP contribution in [0.15, 0.2) is 0 Å². The number of ether oxygens (including phenoxy) is 1. The third-order valence-corrected chi connectivity index (χ3v) is 2.58. The van der Waals surface area contributed by atoms with Crippen molar-refractivity contribution in [2.75, 3.05) is 19.8 Å². The summed E-state index contributed by atoms with van der Waals surface area (Å²) in [5, 5.41) is 3.49. The molecule has 0 bridgehead atoms. The van der Waals surface area contributed by atoms with Gasteiger partial charge in [0.15, 0.2) is 0 Å². The second-order valence-electron chi connectivity index (χ2n) is 3.62. The van der Waals surface area contributed by atoms with Gasteiger partial charge in [-0.25, -0.2) is 0 Å². The third-order valence-electron chi connectivity index (χ3n) is 2.58. The van der Waals surface area contributed by atoms with Gasteiger partial charge < -0.3 is 10.1 Å². The normalized spacial score (nSPS) is 39.3. The molecule has 2 atom stereocenters. The second kappa shape index (κ2) is 2.51. The number of rotatable bonds is 3. The van der Waals surface area contributed by atoms with E-state index in [0.29, 0.717) is 6.04 Å². The summed E-state index contributed by atoms with van der Waals surface area (Å²) in [5.74, 6) is 1.95. The van der Waals surface area contributed by atoms with Crippen LogP contribution in [0, 0.1) is 11.8 Å². The van der Waals surface area contributed by atoms with E-state index in [1.54, 1.807) is 0 Å². The Morgan fingerprint density at radius 1 is 1.50 bits per heavy atom. The summed E-state index contributed by atoms with van der Waals surface area (Å²) >= 11 is 0. The van der Waals surface area contributed by atoms with Crippen LogP contribution in [0.2, 0.25) is 0 Å². The van der Waals surface area contributed by atoms with Crippen LogP contribution < -0.4 is 5.32 Å². The second-order valence-corrected chi connectivity index (χ2v) is 3.62. The highest BCUT2D eigenvalue weighted by molar-refractivity contribution is 4.86. The van der Waals surface area contributed by atoms with Crippen LogP contribution >= 0.6 is 0 Å². The molecule has 2 nitrogen and oxygen atoms in total. The summed E-state index contributed by atoms with van der Waals surface area (Å²) < 4.78 is 5.05. The minimum atomic E-state index is 0.674. The van der Waals surface area contributed by atoms with E-state index in [0.717, 1.165) is 25.0 Å². The van der Waals surface area contributed by atoms with Gasteiger partial charge in [0.1, 0.15) is 0 Å². The van der Waals surface area contributed by atoms with E-state index < -0.39 is 0 Å². The molecule has 1 aliphatic carbocycles. The highest BCUT2D eigenvalue weighted by Gasteiger charge is 2.33. The lowest BCUT2D eigenvalue weighted by molar-refractivity contribution is -0.00542. The largest absolute Gasteiger partial charge is 0.378 e. The molecule has 0 radical (unpaired) electrons. The lowest BCUT2D eigenvalue weighted by Gasteiger charge is -2.26. The van der Waals surface area contributed by atoms with Crippen molar-refractivity contribution in [2.24, 2.45) is 11.8 Å². The van der Waals surface area contributed by atoms with E-state index >= 15 is 0 Å². The average molecular weight is 141 g/mol. The first kappa shape index (κ1) is 6.62. The average Bonchev–Trinajstić information content (AvgIpc) is 2.43. The van der Waals surface area contributed by atoms with Crippen molar-refractivity contribution in [3.05, 3.63) is 0 Å². The molecule has 0 aromatic carbocycles. The first-order valence-electron chi connectivity index (χ1n) is 4.17. The van der Waals surface area contributed by atoms with Gasteiger partial charge >= 0.3 is 0 Å². The van der Waals surface area contributed by atoms with Crippen molar-refractivity contribution in [2.45, 2.75) is 19.4 Å². The van der Waals surface area contributed by atoms with Gasteiger partial charge in [0.05, 0.1) is 19.3 Å². The summed E-state index contributed by atoms with van der Waals surface area (Å²) in [5.41, 5.74) is 0. The van der Waals surface area contributed by atoms with Crippen LogP contribution in [0.25, 0.3) is 0 Å². The maximum absolute atomic E-state index is 5.05. The Morgan fingerprint density at radius 3 is 2.60 bits per heavy atom. The Morgan fingerprint density at radius 2 is 2.20 bits per heavy atom. The smallest absolute Gasteiger partial charge is 0.0643 e. The molecule has 0 aromatic heterocycles. The number of hydrogen-bond acceptors (Lipinski definition) is 2. The first-order valence-corrected chi connectivity index (χ1v) is 4.17. The van der Waals surface area contributed by atoms with E-state index in [9.17, 15) is 0 Å². The molecule has 1 heterocycles. The van der Waals surface area contributed by atoms with Gasteiger partial charge in [0, 0.05) is 0 Å². The summed E-state index contributed by atoms with van der Waals surface area (Å²) in [6.45, 7) is 5.40. The fraction of sp³-hybridized carbons (Fsp3) is 1.00. The Hall–Kier alpha value is -0.0800. The van der Waals surface area contributed by atoms with Crippen LogP contribution in [0.3, 0.4) is 0 Å². The van der Waals surface area contributed by atoms with Crippen molar-refractivity contribution in [3.63, 3.8) is 0 Å². The quantitative estimate of drug-likeness (QED) is 0.622. The molecule has 2 fully saturated rings. The van der Waals surface area contributed by atoms with Crippen LogP contribution in [0.5, 0.6) is 0 Å². The monoisotopic (exact) mass is 141 g/mol. The molecular formula is C8H15NO. The number of hydrogen-bond donors (Lipinski definition) is 1. The Balaban J connectivity index is 1.55. The van der Waals surface area contributed by atoms with Gasteiger partial charge in [0.2, 0.25) is 0 Å². The van der Waals surface area contributed by atoms with E-state index in [1.165, 1.54) is 13.0 Å². The van der Waals surface area contributed by atoms with Gasteiger partial charge in [-0.1, -0.05) is 6.92 Å². The van der Waals surface area contributed by atoms with Crippen LogP contribution in [0.1, 0.15) is 13.3 Å². The highest BCUT2D eigenvalue weighted by Crippen LogP contribution is 2.36. The highest BCUT2D eigenvalue weighted by atomic mass is 16.5.